The van der Waals surface area contributed by atoms with Gasteiger partial charge in [-0.2, -0.15) is 11.8 Å². The van der Waals surface area contributed by atoms with Gasteiger partial charge in [0, 0.05) is 37.0 Å². The molecule has 1 amide bonds. The molecular weight excluding hydrogens is 435 g/mol. The summed E-state index contributed by atoms with van der Waals surface area (Å²) >= 11 is 2.02. The van der Waals surface area contributed by atoms with E-state index in [0.717, 1.165) is 12.5 Å². The number of benzene rings is 1. The third-order valence-corrected chi connectivity index (χ3v) is 5.43. The number of nitrogens with zero attached hydrogens (tertiary/aromatic N) is 1. The Labute approximate surface area is 165 Å². The summed E-state index contributed by atoms with van der Waals surface area (Å²) in [6, 6.07) is 9.24. The molecule has 1 aliphatic rings. The van der Waals surface area contributed by atoms with Crippen LogP contribution in [0.1, 0.15) is 30.1 Å². The van der Waals surface area contributed by atoms with Crippen molar-refractivity contribution in [1.29, 1.82) is 0 Å². The third-order valence-electron chi connectivity index (χ3n) is 3.89. The molecule has 0 aromatic heterocycles. The predicted octanol–water partition coefficient (Wildman–Crippen LogP) is 2.49. The maximum Gasteiger partial charge on any atom is 0.251 e. The largest absolute Gasteiger partial charge is 0.355 e. The van der Waals surface area contributed by atoms with Crippen LogP contribution < -0.4 is 16.0 Å². The van der Waals surface area contributed by atoms with E-state index in [0.29, 0.717) is 23.4 Å². The van der Waals surface area contributed by atoms with Crippen molar-refractivity contribution >= 4 is 47.6 Å². The van der Waals surface area contributed by atoms with E-state index < -0.39 is 0 Å². The van der Waals surface area contributed by atoms with Crippen molar-refractivity contribution in [3.8, 4) is 0 Å². The monoisotopic (exact) mass is 462 g/mol. The normalized spacial score (nSPS) is 20.2. The molecule has 0 radical (unpaired) electrons. The van der Waals surface area contributed by atoms with Gasteiger partial charge in [-0.15, -0.1) is 24.0 Å². The highest BCUT2D eigenvalue weighted by atomic mass is 127. The molecule has 3 N–H and O–H groups in total. The predicted molar refractivity (Wildman–Crippen MR) is 114 cm³/mol. The second-order valence-corrected chi connectivity index (χ2v) is 7.56. The summed E-state index contributed by atoms with van der Waals surface area (Å²) in [5.74, 6) is 1.98. The highest BCUT2D eigenvalue weighted by Crippen LogP contribution is 2.36. The highest BCUT2D eigenvalue weighted by molar-refractivity contribution is 14.0. The Morgan fingerprint density at radius 1 is 1.21 bits per heavy atom. The summed E-state index contributed by atoms with van der Waals surface area (Å²) in [7, 11) is 1.77. The number of guanidine groups is 1. The number of nitrogens with one attached hydrogen (secondary N) is 3. The molecule has 0 bridgehead atoms. The molecule has 0 saturated carbocycles. The number of rotatable bonds is 6. The lowest BCUT2D eigenvalue weighted by molar-refractivity contribution is 0.0954. The van der Waals surface area contributed by atoms with Crippen molar-refractivity contribution in [2.24, 2.45) is 4.99 Å². The van der Waals surface area contributed by atoms with E-state index in [1.807, 2.05) is 42.1 Å². The SMILES string of the molecule is CN=C(NCCNC(=O)c1ccccc1)NCC1(C)CCCS1.I. The van der Waals surface area contributed by atoms with Gasteiger partial charge in [0.15, 0.2) is 5.96 Å². The molecule has 24 heavy (non-hydrogen) atoms. The lowest BCUT2D eigenvalue weighted by atomic mass is 10.1. The topological polar surface area (TPSA) is 65.5 Å². The third kappa shape index (κ3) is 6.88. The first-order chi connectivity index (χ1) is 11.1. The molecule has 0 spiro atoms. The molecule has 1 atom stereocenters. The zero-order valence-corrected chi connectivity index (χ0v) is 17.4. The Hall–Kier alpha value is -0.960. The van der Waals surface area contributed by atoms with Crippen molar-refractivity contribution < 1.29 is 4.79 Å². The van der Waals surface area contributed by atoms with Crippen LogP contribution in [0.2, 0.25) is 0 Å². The van der Waals surface area contributed by atoms with E-state index in [1.54, 1.807) is 7.05 Å². The number of carbonyl (C=O) groups excluding carboxylic acids is 1. The van der Waals surface area contributed by atoms with Crippen molar-refractivity contribution in [2.75, 3.05) is 32.4 Å². The van der Waals surface area contributed by atoms with Crippen molar-refractivity contribution in [3.05, 3.63) is 35.9 Å². The first-order valence-electron chi connectivity index (χ1n) is 8.05. The van der Waals surface area contributed by atoms with E-state index >= 15 is 0 Å². The van der Waals surface area contributed by atoms with E-state index in [2.05, 4.69) is 27.9 Å². The molecule has 134 valence electrons. The standard InChI is InChI=1S/C17H26N4OS.HI/c1-17(9-6-12-23-17)13-21-16(18-2)20-11-10-19-15(22)14-7-4-3-5-8-14;/h3-5,7-8H,6,9-13H2,1-2H3,(H,19,22)(H2,18,20,21);1H. The molecule has 1 aliphatic heterocycles. The summed E-state index contributed by atoms with van der Waals surface area (Å²) < 4.78 is 0.305. The lowest BCUT2D eigenvalue weighted by Gasteiger charge is -2.24. The summed E-state index contributed by atoms with van der Waals surface area (Å²) in [6.07, 6.45) is 2.54. The minimum Gasteiger partial charge on any atom is -0.355 e. The zero-order valence-electron chi connectivity index (χ0n) is 14.3. The minimum atomic E-state index is -0.0507. The second kappa shape index (κ2) is 10.8. The van der Waals surface area contributed by atoms with Crippen molar-refractivity contribution in [2.45, 2.75) is 24.5 Å². The first-order valence-corrected chi connectivity index (χ1v) is 9.03. The van der Waals surface area contributed by atoms with Crippen molar-refractivity contribution in [3.63, 3.8) is 0 Å². The number of aliphatic imine (C=N–C) groups is 1. The fraction of sp³-hybridized carbons (Fsp3) is 0.529. The Kier molecular flexibility index (Phi) is 9.50. The molecule has 1 aromatic carbocycles. The quantitative estimate of drug-likeness (QED) is 0.263. The van der Waals surface area contributed by atoms with Gasteiger partial charge in [-0.3, -0.25) is 9.79 Å². The van der Waals surface area contributed by atoms with Crippen LogP contribution in [0.5, 0.6) is 0 Å². The molecule has 2 rings (SSSR count). The van der Waals surface area contributed by atoms with Crippen LogP contribution in [0.4, 0.5) is 0 Å². The molecule has 1 saturated heterocycles. The molecule has 1 aromatic rings. The van der Waals surface area contributed by atoms with Gasteiger partial charge >= 0.3 is 0 Å². The summed E-state index contributed by atoms with van der Waals surface area (Å²) in [5, 5.41) is 9.50. The number of hydrogen-bond acceptors (Lipinski definition) is 3. The van der Waals surface area contributed by atoms with Crippen LogP contribution in [0.15, 0.2) is 35.3 Å². The van der Waals surface area contributed by atoms with Gasteiger partial charge < -0.3 is 16.0 Å². The number of amides is 1. The van der Waals surface area contributed by atoms with Crippen LogP contribution in [0.3, 0.4) is 0 Å². The van der Waals surface area contributed by atoms with E-state index in [-0.39, 0.29) is 29.9 Å². The van der Waals surface area contributed by atoms with Crippen LogP contribution >= 0.6 is 35.7 Å². The smallest absolute Gasteiger partial charge is 0.251 e. The second-order valence-electron chi connectivity index (χ2n) is 5.88. The molecule has 1 heterocycles. The molecular formula is C17H27IN4OS. The van der Waals surface area contributed by atoms with Gasteiger partial charge in [-0.1, -0.05) is 18.2 Å². The molecule has 1 fully saturated rings. The Morgan fingerprint density at radius 3 is 2.54 bits per heavy atom. The van der Waals surface area contributed by atoms with Gasteiger partial charge in [0.05, 0.1) is 0 Å². The summed E-state index contributed by atoms with van der Waals surface area (Å²) in [6.45, 7) is 4.40. The van der Waals surface area contributed by atoms with Crippen molar-refractivity contribution in [1.82, 2.24) is 16.0 Å². The molecule has 5 nitrogen and oxygen atoms in total. The first kappa shape index (κ1) is 21.1. The average molecular weight is 462 g/mol. The maximum absolute atomic E-state index is 11.9. The van der Waals surface area contributed by atoms with Gasteiger partial charge in [0.1, 0.15) is 0 Å². The van der Waals surface area contributed by atoms with Crippen LogP contribution in [-0.4, -0.2) is 49.0 Å². The fourth-order valence-corrected chi connectivity index (χ4v) is 3.76. The van der Waals surface area contributed by atoms with E-state index in [9.17, 15) is 4.79 Å². The number of carbonyl (C=O) groups is 1. The number of halogens is 1. The molecule has 0 aliphatic carbocycles. The Balaban J connectivity index is 0.00000288. The summed E-state index contributed by atoms with van der Waals surface area (Å²) in [5.41, 5.74) is 0.682. The maximum atomic E-state index is 11.9. The van der Waals surface area contributed by atoms with Crippen LogP contribution in [0, 0.1) is 0 Å². The fourth-order valence-electron chi connectivity index (χ4n) is 2.52. The number of thioether (sulfide) groups is 1. The Morgan fingerprint density at radius 2 is 1.92 bits per heavy atom. The highest BCUT2D eigenvalue weighted by Gasteiger charge is 2.29. The van der Waals surface area contributed by atoms with Crippen LogP contribution in [-0.2, 0) is 0 Å². The summed E-state index contributed by atoms with van der Waals surface area (Å²) in [4.78, 5) is 16.1. The Bertz CT molecular complexity index is 533. The van der Waals surface area contributed by atoms with Gasteiger partial charge in [0.25, 0.3) is 5.91 Å². The molecule has 7 heteroatoms. The number of hydrogen-bond donors (Lipinski definition) is 3. The average Bonchev–Trinajstić information content (AvgIpc) is 3.01. The zero-order chi connectivity index (χ0) is 16.5. The lowest BCUT2D eigenvalue weighted by Crippen LogP contribution is -2.45. The van der Waals surface area contributed by atoms with Crippen LogP contribution in [0.25, 0.3) is 0 Å². The van der Waals surface area contributed by atoms with E-state index in [1.165, 1.54) is 18.6 Å². The van der Waals surface area contributed by atoms with E-state index in [4.69, 9.17) is 0 Å². The van der Waals surface area contributed by atoms with Gasteiger partial charge in [0.2, 0.25) is 0 Å². The van der Waals surface area contributed by atoms with Gasteiger partial charge in [-0.25, -0.2) is 0 Å². The van der Waals surface area contributed by atoms with Gasteiger partial charge in [-0.05, 0) is 37.7 Å². The molecule has 1 unspecified atom stereocenters. The minimum absolute atomic E-state index is 0.